The quantitative estimate of drug-likeness (QED) is 0.500. The monoisotopic (exact) mass is 480 g/mol. The summed E-state index contributed by atoms with van der Waals surface area (Å²) in [5, 5.41) is 2.94. The van der Waals surface area contributed by atoms with E-state index in [0.717, 1.165) is 37.7 Å². The molecule has 3 atom stereocenters. The van der Waals surface area contributed by atoms with Crippen LogP contribution in [-0.2, 0) is 14.3 Å². The fourth-order valence-electron chi connectivity index (χ4n) is 4.57. The molecule has 1 heterocycles. The third kappa shape index (κ3) is 7.57. The Morgan fingerprint density at radius 1 is 0.971 bits per heavy atom. The highest BCUT2D eigenvalue weighted by atomic mass is 16.5. The molecule has 2 amide bonds. The fraction of sp³-hybridized carbons (Fsp3) is 0.464. The Labute approximate surface area is 207 Å². The van der Waals surface area contributed by atoms with Crippen LogP contribution in [-0.4, -0.2) is 48.0 Å². The average molecular weight is 481 g/mol. The normalized spacial score (nSPS) is 18.4. The van der Waals surface area contributed by atoms with E-state index in [-0.39, 0.29) is 43.2 Å². The molecule has 3 unspecified atom stereocenters. The number of rotatable bonds is 10. The van der Waals surface area contributed by atoms with E-state index in [4.69, 9.17) is 9.47 Å². The van der Waals surface area contributed by atoms with E-state index in [1.54, 1.807) is 24.3 Å². The molecule has 1 aliphatic heterocycles. The summed E-state index contributed by atoms with van der Waals surface area (Å²) in [5.74, 6) is -0.475. The number of piperidine rings is 1. The van der Waals surface area contributed by atoms with E-state index in [1.807, 2.05) is 35.2 Å². The predicted octanol–water partition coefficient (Wildman–Crippen LogP) is 4.67. The van der Waals surface area contributed by atoms with Crippen molar-refractivity contribution in [1.29, 1.82) is 0 Å². The molecule has 2 aromatic carbocycles. The molecule has 0 aliphatic carbocycles. The molecule has 1 saturated heterocycles. The van der Waals surface area contributed by atoms with Gasteiger partial charge in [0.2, 0.25) is 0 Å². The van der Waals surface area contributed by atoms with Gasteiger partial charge in [0.15, 0.2) is 13.2 Å². The van der Waals surface area contributed by atoms with Gasteiger partial charge < -0.3 is 19.7 Å². The van der Waals surface area contributed by atoms with Crippen molar-refractivity contribution in [1.82, 2.24) is 10.2 Å². The van der Waals surface area contributed by atoms with Crippen LogP contribution in [0.4, 0.5) is 0 Å². The molecular weight excluding hydrogens is 444 g/mol. The number of esters is 1. The zero-order valence-corrected chi connectivity index (χ0v) is 20.9. The molecule has 0 saturated carbocycles. The molecule has 7 nitrogen and oxygen atoms in total. The van der Waals surface area contributed by atoms with Gasteiger partial charge in [-0.1, -0.05) is 43.7 Å². The molecule has 0 radical (unpaired) electrons. The number of carbonyl (C=O) groups excluding carboxylic acids is 3. The molecule has 1 N–H and O–H groups in total. The number of carbonyl (C=O) groups is 3. The summed E-state index contributed by atoms with van der Waals surface area (Å²) >= 11 is 0. The third-order valence-electron chi connectivity index (χ3n) is 6.38. The Kier molecular flexibility index (Phi) is 9.70. The van der Waals surface area contributed by atoms with Gasteiger partial charge in [0.05, 0.1) is 11.6 Å². The van der Waals surface area contributed by atoms with Gasteiger partial charge in [-0.2, -0.15) is 0 Å². The van der Waals surface area contributed by atoms with E-state index < -0.39 is 5.97 Å². The van der Waals surface area contributed by atoms with Crippen LogP contribution in [0.15, 0.2) is 54.6 Å². The van der Waals surface area contributed by atoms with Gasteiger partial charge in [0, 0.05) is 12.1 Å². The van der Waals surface area contributed by atoms with Crippen molar-refractivity contribution >= 4 is 17.8 Å². The number of likely N-dealkylation sites (tertiary alicyclic amines) is 1. The third-order valence-corrected chi connectivity index (χ3v) is 6.38. The maximum absolute atomic E-state index is 12.6. The van der Waals surface area contributed by atoms with Gasteiger partial charge in [-0.25, -0.2) is 4.79 Å². The zero-order valence-electron chi connectivity index (χ0n) is 20.9. The molecular formula is C28H36N2O5. The fourth-order valence-corrected chi connectivity index (χ4v) is 4.57. The molecule has 35 heavy (non-hydrogen) atoms. The number of hydrogen-bond acceptors (Lipinski definition) is 5. The lowest BCUT2D eigenvalue weighted by molar-refractivity contribution is -0.139. The van der Waals surface area contributed by atoms with Crippen LogP contribution in [0.5, 0.6) is 5.75 Å². The first-order valence-electron chi connectivity index (χ1n) is 12.4. The van der Waals surface area contributed by atoms with Crippen molar-refractivity contribution in [3.05, 3.63) is 65.7 Å². The maximum atomic E-state index is 12.6. The highest BCUT2D eigenvalue weighted by Gasteiger charge is 2.29. The Bertz CT molecular complexity index is 967. The molecule has 1 fully saturated rings. The first kappa shape index (κ1) is 26.3. The summed E-state index contributed by atoms with van der Waals surface area (Å²) in [6, 6.07) is 16.4. The van der Waals surface area contributed by atoms with E-state index in [9.17, 15) is 14.4 Å². The van der Waals surface area contributed by atoms with Crippen LogP contribution in [0.3, 0.4) is 0 Å². The second-order valence-corrected chi connectivity index (χ2v) is 9.14. The van der Waals surface area contributed by atoms with Gasteiger partial charge in [-0.15, -0.1) is 0 Å². The topological polar surface area (TPSA) is 84.9 Å². The Morgan fingerprint density at radius 2 is 1.63 bits per heavy atom. The Morgan fingerprint density at radius 3 is 2.26 bits per heavy atom. The summed E-state index contributed by atoms with van der Waals surface area (Å²) in [6.07, 6.45) is 4.87. The number of benzene rings is 2. The summed E-state index contributed by atoms with van der Waals surface area (Å²) in [7, 11) is 0. The summed E-state index contributed by atoms with van der Waals surface area (Å²) < 4.78 is 10.8. The maximum Gasteiger partial charge on any atom is 0.338 e. The predicted molar refractivity (Wildman–Crippen MR) is 134 cm³/mol. The number of ether oxygens (including phenoxy) is 2. The zero-order chi connectivity index (χ0) is 25.2. The van der Waals surface area contributed by atoms with Crippen molar-refractivity contribution in [2.24, 2.45) is 0 Å². The first-order chi connectivity index (χ1) is 16.9. The lowest BCUT2D eigenvalue weighted by atomic mass is 9.97. The molecule has 3 rings (SSSR count). The van der Waals surface area contributed by atoms with Gasteiger partial charge in [0.1, 0.15) is 5.75 Å². The van der Waals surface area contributed by atoms with Crippen molar-refractivity contribution in [2.45, 2.75) is 71.0 Å². The number of hydrogen-bond donors (Lipinski definition) is 1. The minimum Gasteiger partial charge on any atom is -0.484 e. The Hall–Kier alpha value is -3.35. The SMILES string of the molecule is CCCC(NC(=O)COC(=O)c1ccc(OCC(=O)N2C(C)CCCC2C)cc1)c1ccccc1. The van der Waals surface area contributed by atoms with Crippen LogP contribution >= 0.6 is 0 Å². The lowest BCUT2D eigenvalue weighted by Crippen LogP contribution is -2.49. The van der Waals surface area contributed by atoms with Crippen molar-refractivity contribution in [3.8, 4) is 5.75 Å². The molecule has 2 aromatic rings. The van der Waals surface area contributed by atoms with Crippen LogP contribution < -0.4 is 10.1 Å². The molecule has 1 aliphatic rings. The summed E-state index contributed by atoms with van der Waals surface area (Å²) in [5.41, 5.74) is 1.33. The van der Waals surface area contributed by atoms with Crippen LogP contribution in [0, 0.1) is 0 Å². The smallest absolute Gasteiger partial charge is 0.338 e. The van der Waals surface area contributed by atoms with Crippen LogP contribution in [0.25, 0.3) is 0 Å². The second kappa shape index (κ2) is 12.9. The first-order valence-corrected chi connectivity index (χ1v) is 12.4. The van der Waals surface area contributed by atoms with Gasteiger partial charge in [0.25, 0.3) is 11.8 Å². The van der Waals surface area contributed by atoms with E-state index in [0.29, 0.717) is 11.3 Å². The summed E-state index contributed by atoms with van der Waals surface area (Å²) in [6.45, 7) is 5.80. The molecule has 7 heteroatoms. The van der Waals surface area contributed by atoms with Crippen LogP contribution in [0.1, 0.15) is 74.8 Å². The second-order valence-electron chi connectivity index (χ2n) is 9.14. The van der Waals surface area contributed by atoms with Crippen molar-refractivity contribution < 1.29 is 23.9 Å². The minimum absolute atomic E-state index is 0.0314. The molecule has 0 bridgehead atoms. The van der Waals surface area contributed by atoms with E-state index in [1.165, 1.54) is 0 Å². The highest BCUT2D eigenvalue weighted by Crippen LogP contribution is 2.23. The highest BCUT2D eigenvalue weighted by molar-refractivity contribution is 5.91. The van der Waals surface area contributed by atoms with Gasteiger partial charge in [-0.3, -0.25) is 9.59 Å². The van der Waals surface area contributed by atoms with E-state index >= 15 is 0 Å². The molecule has 0 aromatic heterocycles. The van der Waals surface area contributed by atoms with E-state index in [2.05, 4.69) is 26.1 Å². The van der Waals surface area contributed by atoms with Gasteiger partial charge >= 0.3 is 5.97 Å². The molecule has 188 valence electrons. The van der Waals surface area contributed by atoms with Crippen molar-refractivity contribution in [3.63, 3.8) is 0 Å². The number of nitrogens with one attached hydrogen (secondary N) is 1. The Balaban J connectivity index is 1.46. The van der Waals surface area contributed by atoms with Crippen molar-refractivity contribution in [2.75, 3.05) is 13.2 Å². The number of amides is 2. The standard InChI is InChI=1S/C28H36N2O5/c1-4-9-25(22-12-6-5-7-13-22)29-26(31)18-35-28(33)23-14-16-24(17-15-23)34-19-27(32)30-20(2)10-8-11-21(30)3/h5-7,12-17,20-21,25H,4,8-11,18-19H2,1-3H3,(H,29,31). The summed E-state index contributed by atoms with van der Waals surface area (Å²) in [4.78, 5) is 39.3. The average Bonchev–Trinajstić information content (AvgIpc) is 2.86. The van der Waals surface area contributed by atoms with Crippen LogP contribution in [0.2, 0.25) is 0 Å². The van der Waals surface area contributed by atoms with Gasteiger partial charge in [-0.05, 0) is 69.4 Å². The molecule has 0 spiro atoms. The lowest BCUT2D eigenvalue weighted by Gasteiger charge is -2.38. The largest absolute Gasteiger partial charge is 0.484 e. The minimum atomic E-state index is -0.592. The number of nitrogens with zero attached hydrogens (tertiary/aromatic N) is 1.